The molecule has 0 saturated heterocycles. The molecule has 0 aromatic carbocycles. The first-order valence-corrected chi connectivity index (χ1v) is 6.81. The summed E-state index contributed by atoms with van der Waals surface area (Å²) in [5.41, 5.74) is 1.85. The molecule has 1 nitrogen and oxygen atoms in total. The lowest BCUT2D eigenvalue weighted by Gasteiger charge is -2.41. The number of hydrogen-bond acceptors (Lipinski definition) is 1. The van der Waals surface area contributed by atoms with E-state index in [1.807, 2.05) is 0 Å². The summed E-state index contributed by atoms with van der Waals surface area (Å²) in [6.45, 7) is 11.0. The standard InChI is InChI=1S/C15H26O/c1-10(2)14(16)12-7-9-15(4)8-5-6-11(3)13(12)15/h10,12-14,16H,3,5-9H2,1-2,4H3/t12-,13+,14-,15+/m0/s1. The summed E-state index contributed by atoms with van der Waals surface area (Å²) in [7, 11) is 0. The molecule has 2 rings (SSSR count). The molecule has 0 unspecified atom stereocenters. The van der Waals surface area contributed by atoms with Gasteiger partial charge in [-0.3, -0.25) is 0 Å². The Labute approximate surface area is 99.9 Å². The molecule has 4 atom stereocenters. The van der Waals surface area contributed by atoms with Crippen molar-refractivity contribution in [3.63, 3.8) is 0 Å². The zero-order valence-corrected chi connectivity index (χ0v) is 11.0. The van der Waals surface area contributed by atoms with Gasteiger partial charge in [0.2, 0.25) is 0 Å². The quantitative estimate of drug-likeness (QED) is 0.705. The second-order valence-corrected chi connectivity index (χ2v) is 6.58. The Bertz CT molecular complexity index is 281. The maximum atomic E-state index is 10.4. The van der Waals surface area contributed by atoms with Crippen LogP contribution < -0.4 is 0 Å². The van der Waals surface area contributed by atoms with Crippen molar-refractivity contribution in [2.24, 2.45) is 23.2 Å². The van der Waals surface area contributed by atoms with Crippen molar-refractivity contribution < 1.29 is 5.11 Å². The number of aliphatic hydroxyl groups is 1. The van der Waals surface area contributed by atoms with Crippen molar-refractivity contribution in [1.29, 1.82) is 0 Å². The van der Waals surface area contributed by atoms with E-state index in [1.165, 1.54) is 37.7 Å². The fourth-order valence-electron chi connectivity index (χ4n) is 4.15. The van der Waals surface area contributed by atoms with Crippen LogP contribution in [0.25, 0.3) is 0 Å². The molecule has 0 spiro atoms. The van der Waals surface area contributed by atoms with Crippen LogP contribution in [0.5, 0.6) is 0 Å². The third-order valence-corrected chi connectivity index (χ3v) is 5.04. The predicted molar refractivity (Wildman–Crippen MR) is 68.2 cm³/mol. The third kappa shape index (κ3) is 1.84. The average Bonchev–Trinajstić information content (AvgIpc) is 2.55. The van der Waals surface area contributed by atoms with E-state index < -0.39 is 0 Å². The van der Waals surface area contributed by atoms with E-state index in [4.69, 9.17) is 0 Å². The van der Waals surface area contributed by atoms with Crippen LogP contribution in [0, 0.1) is 23.2 Å². The van der Waals surface area contributed by atoms with E-state index in [1.54, 1.807) is 0 Å². The molecule has 1 heteroatoms. The SMILES string of the molecule is C=C1CCC[C@]2(C)CC[C@H]([C@@H](O)C(C)C)[C@@H]12. The summed E-state index contributed by atoms with van der Waals surface area (Å²) in [5, 5.41) is 10.4. The van der Waals surface area contributed by atoms with Gasteiger partial charge in [0, 0.05) is 0 Å². The van der Waals surface area contributed by atoms with Gasteiger partial charge >= 0.3 is 0 Å². The summed E-state index contributed by atoms with van der Waals surface area (Å²) in [5.74, 6) is 1.43. The predicted octanol–water partition coefficient (Wildman–Crippen LogP) is 3.78. The molecular formula is C15H26O. The third-order valence-electron chi connectivity index (χ3n) is 5.04. The zero-order chi connectivity index (χ0) is 11.9. The highest BCUT2D eigenvalue weighted by molar-refractivity contribution is 5.16. The number of fused-ring (bicyclic) bond motifs is 1. The molecule has 1 N–H and O–H groups in total. The van der Waals surface area contributed by atoms with Crippen LogP contribution in [0.2, 0.25) is 0 Å². The molecule has 0 heterocycles. The highest BCUT2D eigenvalue weighted by Gasteiger charge is 2.50. The average molecular weight is 222 g/mol. The number of allylic oxidation sites excluding steroid dienone is 1. The Morgan fingerprint density at radius 2 is 2.06 bits per heavy atom. The van der Waals surface area contributed by atoms with Gasteiger partial charge in [-0.2, -0.15) is 0 Å². The van der Waals surface area contributed by atoms with Gasteiger partial charge in [-0.15, -0.1) is 0 Å². The van der Waals surface area contributed by atoms with Crippen LogP contribution in [0.1, 0.15) is 52.9 Å². The molecule has 0 aromatic heterocycles. The minimum Gasteiger partial charge on any atom is -0.393 e. The smallest absolute Gasteiger partial charge is 0.0597 e. The lowest BCUT2D eigenvalue weighted by molar-refractivity contribution is 0.0320. The van der Waals surface area contributed by atoms with Gasteiger partial charge in [-0.1, -0.05) is 32.9 Å². The maximum Gasteiger partial charge on any atom is 0.0597 e. The normalized spacial score (nSPS) is 41.2. The topological polar surface area (TPSA) is 20.2 Å². The zero-order valence-electron chi connectivity index (χ0n) is 11.0. The second-order valence-electron chi connectivity index (χ2n) is 6.58. The molecule has 0 aromatic rings. The molecule has 0 bridgehead atoms. The molecule has 2 aliphatic carbocycles. The highest BCUT2D eigenvalue weighted by Crippen LogP contribution is 2.57. The van der Waals surface area contributed by atoms with E-state index in [0.29, 0.717) is 23.2 Å². The summed E-state index contributed by atoms with van der Waals surface area (Å²) < 4.78 is 0. The van der Waals surface area contributed by atoms with Crippen LogP contribution in [0.4, 0.5) is 0 Å². The van der Waals surface area contributed by atoms with E-state index in [2.05, 4.69) is 27.4 Å². The Morgan fingerprint density at radius 3 is 2.69 bits per heavy atom. The van der Waals surface area contributed by atoms with E-state index in [0.717, 1.165) is 0 Å². The summed E-state index contributed by atoms with van der Waals surface area (Å²) in [6, 6.07) is 0. The van der Waals surface area contributed by atoms with Crippen LogP contribution in [-0.2, 0) is 0 Å². The van der Waals surface area contributed by atoms with Gasteiger partial charge in [0.25, 0.3) is 0 Å². The first kappa shape index (κ1) is 12.2. The molecule has 0 radical (unpaired) electrons. The van der Waals surface area contributed by atoms with Crippen molar-refractivity contribution >= 4 is 0 Å². The number of rotatable bonds is 2. The van der Waals surface area contributed by atoms with Gasteiger partial charge in [-0.05, 0) is 55.3 Å². The largest absolute Gasteiger partial charge is 0.393 e. The maximum absolute atomic E-state index is 10.4. The van der Waals surface area contributed by atoms with Gasteiger partial charge in [-0.25, -0.2) is 0 Å². The monoisotopic (exact) mass is 222 g/mol. The lowest BCUT2D eigenvalue weighted by Crippen LogP contribution is -2.36. The van der Waals surface area contributed by atoms with Gasteiger partial charge in [0.05, 0.1) is 6.10 Å². The van der Waals surface area contributed by atoms with Crippen LogP contribution in [0.3, 0.4) is 0 Å². The molecular weight excluding hydrogens is 196 g/mol. The van der Waals surface area contributed by atoms with Crippen LogP contribution in [0.15, 0.2) is 12.2 Å². The van der Waals surface area contributed by atoms with Crippen LogP contribution >= 0.6 is 0 Å². The first-order valence-electron chi connectivity index (χ1n) is 6.81. The summed E-state index contributed by atoms with van der Waals surface area (Å²) in [4.78, 5) is 0. The first-order chi connectivity index (χ1) is 7.46. The Morgan fingerprint density at radius 1 is 1.38 bits per heavy atom. The number of hydrogen-bond donors (Lipinski definition) is 1. The van der Waals surface area contributed by atoms with Gasteiger partial charge in [0.1, 0.15) is 0 Å². The molecule has 0 aliphatic heterocycles. The Balaban J connectivity index is 2.21. The Kier molecular flexibility index (Phi) is 3.18. The molecule has 92 valence electrons. The van der Waals surface area contributed by atoms with Crippen molar-refractivity contribution in [1.82, 2.24) is 0 Å². The van der Waals surface area contributed by atoms with E-state index in [-0.39, 0.29) is 6.10 Å². The van der Waals surface area contributed by atoms with Crippen LogP contribution in [-0.4, -0.2) is 11.2 Å². The minimum atomic E-state index is -0.137. The van der Waals surface area contributed by atoms with Crippen molar-refractivity contribution in [3.8, 4) is 0 Å². The minimum absolute atomic E-state index is 0.137. The number of aliphatic hydroxyl groups excluding tert-OH is 1. The van der Waals surface area contributed by atoms with E-state index >= 15 is 0 Å². The highest BCUT2D eigenvalue weighted by atomic mass is 16.3. The van der Waals surface area contributed by atoms with Crippen molar-refractivity contribution in [3.05, 3.63) is 12.2 Å². The molecule has 2 saturated carbocycles. The van der Waals surface area contributed by atoms with Crippen molar-refractivity contribution in [2.75, 3.05) is 0 Å². The molecule has 16 heavy (non-hydrogen) atoms. The fraction of sp³-hybridized carbons (Fsp3) is 0.867. The van der Waals surface area contributed by atoms with Gasteiger partial charge in [0.15, 0.2) is 0 Å². The Hall–Kier alpha value is -0.300. The molecule has 2 fully saturated rings. The molecule has 0 amide bonds. The lowest BCUT2D eigenvalue weighted by atomic mass is 9.64. The van der Waals surface area contributed by atoms with Gasteiger partial charge < -0.3 is 5.11 Å². The summed E-state index contributed by atoms with van der Waals surface area (Å²) >= 11 is 0. The molecule has 2 aliphatic rings. The second kappa shape index (κ2) is 4.18. The van der Waals surface area contributed by atoms with E-state index in [9.17, 15) is 5.11 Å². The summed E-state index contributed by atoms with van der Waals surface area (Å²) in [6.07, 6.45) is 6.15. The fourth-order valence-corrected chi connectivity index (χ4v) is 4.15. The van der Waals surface area contributed by atoms with Crippen molar-refractivity contribution in [2.45, 2.75) is 59.0 Å².